The zero-order valence-electron chi connectivity index (χ0n) is 9.83. The van der Waals surface area contributed by atoms with Crippen LogP contribution in [0.25, 0.3) is 0 Å². The zero-order valence-corrected chi connectivity index (χ0v) is 9.83. The molecule has 1 saturated carbocycles. The van der Waals surface area contributed by atoms with E-state index in [1.54, 1.807) is 6.20 Å². The van der Waals surface area contributed by atoms with E-state index in [2.05, 4.69) is 23.3 Å². The first kappa shape index (κ1) is 10.9. The van der Waals surface area contributed by atoms with Gasteiger partial charge in [-0.05, 0) is 43.2 Å². The van der Waals surface area contributed by atoms with Crippen molar-refractivity contribution in [3.63, 3.8) is 0 Å². The summed E-state index contributed by atoms with van der Waals surface area (Å²) in [6, 6.07) is 4.08. The van der Waals surface area contributed by atoms with Crippen LogP contribution < -0.4 is 5.32 Å². The highest BCUT2D eigenvalue weighted by molar-refractivity contribution is 5.55. The van der Waals surface area contributed by atoms with Crippen molar-refractivity contribution in [1.29, 1.82) is 5.26 Å². The van der Waals surface area contributed by atoms with Gasteiger partial charge in [0.25, 0.3) is 0 Å². The number of anilines is 1. The number of hydrogen-bond acceptors (Lipinski definition) is 3. The standard InChI is InChI=1S/C13H17N3/c1-9-5-6-15-13(12(9)7-14)16-8-10(2)11-3-4-11/h5-6,10-11H,3-4,8H2,1-2H3,(H,15,16). The third kappa shape index (κ3) is 2.33. The highest BCUT2D eigenvalue weighted by atomic mass is 15.0. The predicted molar refractivity (Wildman–Crippen MR) is 64.1 cm³/mol. The second-order valence-corrected chi connectivity index (χ2v) is 4.66. The molecule has 1 aliphatic carbocycles. The van der Waals surface area contributed by atoms with Crippen LogP contribution in [0.4, 0.5) is 5.82 Å². The monoisotopic (exact) mass is 215 g/mol. The molecule has 3 heteroatoms. The molecule has 0 radical (unpaired) electrons. The Morgan fingerprint density at radius 3 is 3.00 bits per heavy atom. The molecule has 1 heterocycles. The second kappa shape index (κ2) is 4.52. The van der Waals surface area contributed by atoms with Gasteiger partial charge >= 0.3 is 0 Å². The molecule has 0 bridgehead atoms. The van der Waals surface area contributed by atoms with Crippen molar-refractivity contribution < 1.29 is 0 Å². The first-order chi connectivity index (χ1) is 7.72. The maximum absolute atomic E-state index is 9.06. The molecule has 84 valence electrons. The molecule has 0 spiro atoms. The maximum atomic E-state index is 9.06. The van der Waals surface area contributed by atoms with Crippen molar-refractivity contribution in [3.05, 3.63) is 23.4 Å². The lowest BCUT2D eigenvalue weighted by molar-refractivity contribution is 0.536. The van der Waals surface area contributed by atoms with Gasteiger partial charge in [0.2, 0.25) is 0 Å². The van der Waals surface area contributed by atoms with Crippen molar-refractivity contribution in [2.24, 2.45) is 11.8 Å². The minimum Gasteiger partial charge on any atom is -0.369 e. The van der Waals surface area contributed by atoms with E-state index in [1.807, 2.05) is 13.0 Å². The molecule has 0 aromatic carbocycles. The predicted octanol–water partition coefficient (Wildman–Crippen LogP) is 2.72. The van der Waals surface area contributed by atoms with Gasteiger partial charge in [-0.2, -0.15) is 5.26 Å². The van der Waals surface area contributed by atoms with E-state index in [0.717, 1.165) is 23.8 Å². The van der Waals surface area contributed by atoms with Gasteiger partial charge in [0.1, 0.15) is 11.9 Å². The van der Waals surface area contributed by atoms with Gasteiger partial charge in [0.15, 0.2) is 0 Å². The van der Waals surface area contributed by atoms with E-state index >= 15 is 0 Å². The Hall–Kier alpha value is -1.56. The van der Waals surface area contributed by atoms with E-state index in [4.69, 9.17) is 5.26 Å². The van der Waals surface area contributed by atoms with Crippen molar-refractivity contribution >= 4 is 5.82 Å². The minimum atomic E-state index is 0.672. The number of rotatable bonds is 4. The van der Waals surface area contributed by atoms with Crippen LogP contribution in [0.1, 0.15) is 30.9 Å². The Bertz CT molecular complexity index is 416. The molecule has 1 N–H and O–H groups in total. The minimum absolute atomic E-state index is 0.672. The van der Waals surface area contributed by atoms with Crippen LogP contribution in [0.3, 0.4) is 0 Å². The summed E-state index contributed by atoms with van der Waals surface area (Å²) in [4.78, 5) is 4.23. The van der Waals surface area contributed by atoms with Gasteiger partial charge < -0.3 is 5.32 Å². The molecule has 1 atom stereocenters. The summed E-state index contributed by atoms with van der Waals surface area (Å²) >= 11 is 0. The van der Waals surface area contributed by atoms with Crippen LogP contribution in [0.15, 0.2) is 12.3 Å². The number of hydrogen-bond donors (Lipinski definition) is 1. The van der Waals surface area contributed by atoms with E-state index in [9.17, 15) is 0 Å². The average molecular weight is 215 g/mol. The number of aromatic nitrogens is 1. The largest absolute Gasteiger partial charge is 0.369 e. The molecule has 0 saturated heterocycles. The molecule has 2 rings (SSSR count). The molecule has 1 fully saturated rings. The number of nitrogens with one attached hydrogen (secondary N) is 1. The van der Waals surface area contributed by atoms with Gasteiger partial charge in [-0.1, -0.05) is 6.92 Å². The quantitative estimate of drug-likeness (QED) is 0.840. The number of aryl methyl sites for hydroxylation is 1. The van der Waals surface area contributed by atoms with Crippen LogP contribution in [0.5, 0.6) is 0 Å². The van der Waals surface area contributed by atoms with Crippen molar-refractivity contribution in [2.45, 2.75) is 26.7 Å². The molecule has 0 amide bonds. The van der Waals surface area contributed by atoms with Crippen molar-refractivity contribution in [2.75, 3.05) is 11.9 Å². The van der Waals surface area contributed by atoms with Crippen LogP contribution in [0.2, 0.25) is 0 Å². The van der Waals surface area contributed by atoms with E-state index in [0.29, 0.717) is 11.5 Å². The fourth-order valence-corrected chi connectivity index (χ4v) is 1.92. The molecule has 16 heavy (non-hydrogen) atoms. The van der Waals surface area contributed by atoms with Crippen LogP contribution in [0, 0.1) is 30.1 Å². The molecule has 1 aromatic rings. The Kier molecular flexibility index (Phi) is 3.09. The highest BCUT2D eigenvalue weighted by Gasteiger charge is 2.27. The zero-order chi connectivity index (χ0) is 11.5. The molecule has 0 aliphatic heterocycles. The summed E-state index contributed by atoms with van der Waals surface area (Å²) in [7, 11) is 0. The van der Waals surface area contributed by atoms with Crippen LogP contribution >= 0.6 is 0 Å². The SMILES string of the molecule is Cc1ccnc(NCC(C)C2CC2)c1C#N. The van der Waals surface area contributed by atoms with Crippen LogP contribution in [-0.2, 0) is 0 Å². The Morgan fingerprint density at radius 2 is 2.38 bits per heavy atom. The Morgan fingerprint density at radius 1 is 1.62 bits per heavy atom. The van der Waals surface area contributed by atoms with Gasteiger partial charge in [-0.25, -0.2) is 4.98 Å². The topological polar surface area (TPSA) is 48.7 Å². The van der Waals surface area contributed by atoms with Gasteiger partial charge in [0.05, 0.1) is 5.56 Å². The maximum Gasteiger partial charge on any atom is 0.144 e. The lowest BCUT2D eigenvalue weighted by atomic mass is 10.1. The first-order valence-corrected chi connectivity index (χ1v) is 5.82. The number of pyridine rings is 1. The summed E-state index contributed by atoms with van der Waals surface area (Å²) < 4.78 is 0. The molecule has 1 aromatic heterocycles. The van der Waals surface area contributed by atoms with E-state index in [1.165, 1.54) is 12.8 Å². The normalized spacial score (nSPS) is 16.6. The summed E-state index contributed by atoms with van der Waals surface area (Å²) in [6.45, 7) is 5.11. The third-order valence-electron chi connectivity index (χ3n) is 3.29. The third-order valence-corrected chi connectivity index (χ3v) is 3.29. The fraction of sp³-hybridized carbons (Fsp3) is 0.538. The summed E-state index contributed by atoms with van der Waals surface area (Å²) in [5, 5.41) is 12.3. The first-order valence-electron chi connectivity index (χ1n) is 5.82. The molecule has 1 unspecified atom stereocenters. The van der Waals surface area contributed by atoms with Gasteiger partial charge in [-0.15, -0.1) is 0 Å². The number of nitrogens with zero attached hydrogens (tertiary/aromatic N) is 2. The van der Waals surface area contributed by atoms with Gasteiger partial charge in [0, 0.05) is 12.7 Å². The van der Waals surface area contributed by atoms with Crippen LogP contribution in [-0.4, -0.2) is 11.5 Å². The smallest absolute Gasteiger partial charge is 0.144 e. The Balaban J connectivity index is 2.03. The molecular formula is C13H17N3. The van der Waals surface area contributed by atoms with Crippen molar-refractivity contribution in [3.8, 4) is 6.07 Å². The summed E-state index contributed by atoms with van der Waals surface area (Å²) in [5.41, 5.74) is 1.66. The fourth-order valence-electron chi connectivity index (χ4n) is 1.92. The molecular weight excluding hydrogens is 198 g/mol. The number of nitriles is 1. The highest BCUT2D eigenvalue weighted by Crippen LogP contribution is 2.36. The summed E-state index contributed by atoms with van der Waals surface area (Å²) in [5.74, 6) is 2.28. The van der Waals surface area contributed by atoms with Crippen molar-refractivity contribution in [1.82, 2.24) is 4.98 Å². The van der Waals surface area contributed by atoms with E-state index in [-0.39, 0.29) is 0 Å². The molecule has 1 aliphatic rings. The lowest BCUT2D eigenvalue weighted by Gasteiger charge is -2.13. The Labute approximate surface area is 96.5 Å². The summed E-state index contributed by atoms with van der Waals surface area (Å²) in [6.07, 6.45) is 4.46. The average Bonchev–Trinajstić information content (AvgIpc) is 3.09. The molecule has 3 nitrogen and oxygen atoms in total. The van der Waals surface area contributed by atoms with E-state index < -0.39 is 0 Å². The lowest BCUT2D eigenvalue weighted by Crippen LogP contribution is -2.14. The second-order valence-electron chi connectivity index (χ2n) is 4.66. The van der Waals surface area contributed by atoms with Gasteiger partial charge in [-0.3, -0.25) is 0 Å².